The van der Waals surface area contributed by atoms with E-state index in [2.05, 4.69) is 31.1 Å². The Morgan fingerprint density at radius 1 is 1.09 bits per heavy atom. The van der Waals surface area contributed by atoms with Crippen molar-refractivity contribution in [2.24, 2.45) is 0 Å². The van der Waals surface area contributed by atoms with Crippen LogP contribution in [0.1, 0.15) is 5.56 Å². The maximum absolute atomic E-state index is 12.3. The highest BCUT2D eigenvalue weighted by Gasteiger charge is 2.21. The number of anilines is 1. The zero-order valence-electron chi connectivity index (χ0n) is 12.8. The molecule has 1 aromatic carbocycles. The molecule has 2 heterocycles. The Morgan fingerprint density at radius 3 is 2.48 bits per heavy atom. The minimum Gasteiger partial charge on any atom is -0.353 e. The third-order valence-corrected chi connectivity index (χ3v) is 4.43. The van der Waals surface area contributed by atoms with Gasteiger partial charge in [0, 0.05) is 43.4 Å². The zero-order valence-corrected chi connectivity index (χ0v) is 14.4. The summed E-state index contributed by atoms with van der Waals surface area (Å²) in [6, 6.07) is 13.9. The molecule has 0 bridgehead atoms. The number of piperazine rings is 1. The van der Waals surface area contributed by atoms with Gasteiger partial charge in [-0.15, -0.1) is 0 Å². The topological polar surface area (TPSA) is 48.5 Å². The molecule has 1 aliphatic heterocycles. The average molecular weight is 375 g/mol. The van der Waals surface area contributed by atoms with Gasteiger partial charge in [-0.3, -0.25) is 0 Å². The molecule has 23 heavy (non-hydrogen) atoms. The molecule has 1 aliphatic rings. The summed E-state index contributed by atoms with van der Waals surface area (Å²) in [6.45, 7) is 3.59. The molecule has 1 fully saturated rings. The average Bonchev–Trinajstić information content (AvgIpc) is 2.62. The van der Waals surface area contributed by atoms with Crippen LogP contribution in [0.4, 0.5) is 10.6 Å². The van der Waals surface area contributed by atoms with E-state index >= 15 is 0 Å². The quantitative estimate of drug-likeness (QED) is 0.898. The van der Waals surface area contributed by atoms with Gasteiger partial charge in [-0.1, -0.05) is 34.1 Å². The van der Waals surface area contributed by atoms with E-state index in [4.69, 9.17) is 0 Å². The lowest BCUT2D eigenvalue weighted by molar-refractivity contribution is 0.194. The Labute approximate surface area is 144 Å². The molecule has 0 saturated carbocycles. The van der Waals surface area contributed by atoms with E-state index in [0.29, 0.717) is 19.6 Å². The molecule has 2 amide bonds. The minimum absolute atomic E-state index is 0.00594. The van der Waals surface area contributed by atoms with Gasteiger partial charge in [-0.2, -0.15) is 0 Å². The summed E-state index contributed by atoms with van der Waals surface area (Å²) in [4.78, 5) is 20.7. The van der Waals surface area contributed by atoms with Crippen molar-refractivity contribution in [2.45, 2.75) is 6.54 Å². The van der Waals surface area contributed by atoms with Crippen LogP contribution in [0, 0.1) is 0 Å². The van der Waals surface area contributed by atoms with Gasteiger partial charge >= 0.3 is 6.03 Å². The monoisotopic (exact) mass is 374 g/mol. The van der Waals surface area contributed by atoms with Crippen molar-refractivity contribution in [3.8, 4) is 0 Å². The molecular formula is C17H19BrN4O. The summed E-state index contributed by atoms with van der Waals surface area (Å²) in [5.41, 5.74) is 1.09. The molecular weight excluding hydrogens is 356 g/mol. The third kappa shape index (κ3) is 4.22. The second kappa shape index (κ2) is 7.46. The van der Waals surface area contributed by atoms with Gasteiger partial charge in [0.15, 0.2) is 0 Å². The predicted molar refractivity (Wildman–Crippen MR) is 94.4 cm³/mol. The summed E-state index contributed by atoms with van der Waals surface area (Å²) in [5, 5.41) is 2.98. The first kappa shape index (κ1) is 15.8. The first-order valence-electron chi connectivity index (χ1n) is 7.65. The van der Waals surface area contributed by atoms with Crippen molar-refractivity contribution in [3.63, 3.8) is 0 Å². The van der Waals surface area contributed by atoms with E-state index in [1.807, 2.05) is 47.4 Å². The summed E-state index contributed by atoms with van der Waals surface area (Å²) < 4.78 is 1.04. The Bertz CT molecular complexity index is 639. The van der Waals surface area contributed by atoms with Gasteiger partial charge in [0.1, 0.15) is 5.82 Å². The molecule has 0 spiro atoms. The van der Waals surface area contributed by atoms with E-state index < -0.39 is 0 Å². The van der Waals surface area contributed by atoms with Crippen molar-refractivity contribution in [1.82, 2.24) is 15.2 Å². The van der Waals surface area contributed by atoms with Gasteiger partial charge < -0.3 is 15.1 Å². The molecule has 1 saturated heterocycles. The van der Waals surface area contributed by atoms with Gasteiger partial charge in [-0.05, 0) is 29.8 Å². The van der Waals surface area contributed by atoms with Crippen LogP contribution in [0.2, 0.25) is 0 Å². The van der Waals surface area contributed by atoms with Crippen LogP contribution in [-0.4, -0.2) is 42.1 Å². The second-order valence-corrected chi connectivity index (χ2v) is 6.36. The number of carbonyl (C=O) groups is 1. The SMILES string of the molecule is O=C(NCc1ccc(Br)cc1)N1CCN(c2ccccn2)CC1. The Kier molecular flexibility index (Phi) is 5.12. The second-order valence-electron chi connectivity index (χ2n) is 5.45. The predicted octanol–water partition coefficient (Wildman–Crippen LogP) is 2.88. The molecule has 5 nitrogen and oxygen atoms in total. The lowest BCUT2D eigenvalue weighted by Gasteiger charge is -2.35. The first-order chi connectivity index (χ1) is 11.2. The molecule has 0 atom stereocenters. The van der Waals surface area contributed by atoms with E-state index in [-0.39, 0.29) is 6.03 Å². The number of benzene rings is 1. The number of amides is 2. The lowest BCUT2D eigenvalue weighted by Crippen LogP contribution is -2.51. The van der Waals surface area contributed by atoms with Crippen LogP contribution in [0.3, 0.4) is 0 Å². The number of hydrogen-bond acceptors (Lipinski definition) is 3. The van der Waals surface area contributed by atoms with Gasteiger partial charge in [-0.25, -0.2) is 9.78 Å². The number of hydrogen-bond donors (Lipinski definition) is 1. The maximum atomic E-state index is 12.3. The van der Waals surface area contributed by atoms with Crippen molar-refractivity contribution >= 4 is 27.8 Å². The molecule has 0 radical (unpaired) electrons. The molecule has 1 aromatic heterocycles. The van der Waals surface area contributed by atoms with Gasteiger partial charge in [0.25, 0.3) is 0 Å². The number of carbonyl (C=O) groups excluding carboxylic acids is 1. The van der Waals surface area contributed by atoms with Crippen LogP contribution in [0.15, 0.2) is 53.1 Å². The van der Waals surface area contributed by atoms with Crippen molar-refractivity contribution in [2.75, 3.05) is 31.1 Å². The summed E-state index contributed by atoms with van der Waals surface area (Å²) in [5.74, 6) is 0.974. The number of pyridine rings is 1. The molecule has 1 N–H and O–H groups in total. The molecule has 6 heteroatoms. The van der Waals surface area contributed by atoms with Gasteiger partial charge in [0.2, 0.25) is 0 Å². The fourth-order valence-corrected chi connectivity index (χ4v) is 2.84. The Morgan fingerprint density at radius 2 is 1.83 bits per heavy atom. The Hall–Kier alpha value is -2.08. The zero-order chi connectivity index (χ0) is 16.1. The Balaban J connectivity index is 1.47. The number of nitrogens with one attached hydrogen (secondary N) is 1. The summed E-state index contributed by atoms with van der Waals surface area (Å²) >= 11 is 3.41. The highest BCUT2D eigenvalue weighted by Crippen LogP contribution is 2.13. The normalized spacial score (nSPS) is 14.7. The van der Waals surface area contributed by atoms with E-state index in [1.54, 1.807) is 6.20 Å². The van der Waals surface area contributed by atoms with Crippen LogP contribution in [0.5, 0.6) is 0 Å². The molecule has 2 aromatic rings. The largest absolute Gasteiger partial charge is 0.353 e. The van der Waals surface area contributed by atoms with Crippen molar-refractivity contribution in [3.05, 3.63) is 58.7 Å². The lowest BCUT2D eigenvalue weighted by atomic mass is 10.2. The standard InChI is InChI=1S/C17H19BrN4O/c18-15-6-4-14(5-7-15)13-20-17(23)22-11-9-21(10-12-22)16-3-1-2-8-19-16/h1-8H,9-13H2,(H,20,23). The highest BCUT2D eigenvalue weighted by molar-refractivity contribution is 9.10. The van der Waals surface area contributed by atoms with Gasteiger partial charge in [0.05, 0.1) is 0 Å². The fraction of sp³-hybridized carbons (Fsp3) is 0.294. The third-order valence-electron chi connectivity index (χ3n) is 3.90. The first-order valence-corrected chi connectivity index (χ1v) is 8.45. The minimum atomic E-state index is -0.00594. The number of nitrogens with zero attached hydrogens (tertiary/aromatic N) is 3. The van der Waals surface area contributed by atoms with E-state index in [0.717, 1.165) is 28.9 Å². The van der Waals surface area contributed by atoms with E-state index in [1.165, 1.54) is 0 Å². The molecule has 0 aliphatic carbocycles. The summed E-state index contributed by atoms with van der Waals surface area (Å²) in [7, 11) is 0. The number of urea groups is 1. The molecule has 120 valence electrons. The number of halogens is 1. The molecule has 0 unspecified atom stereocenters. The van der Waals surface area contributed by atoms with E-state index in [9.17, 15) is 4.79 Å². The van der Waals surface area contributed by atoms with Crippen LogP contribution < -0.4 is 10.2 Å². The van der Waals surface area contributed by atoms with Crippen LogP contribution in [0.25, 0.3) is 0 Å². The van der Waals surface area contributed by atoms with Crippen LogP contribution in [-0.2, 0) is 6.54 Å². The van der Waals surface area contributed by atoms with Crippen LogP contribution >= 0.6 is 15.9 Å². The smallest absolute Gasteiger partial charge is 0.317 e. The van der Waals surface area contributed by atoms with Crippen molar-refractivity contribution in [1.29, 1.82) is 0 Å². The number of aromatic nitrogens is 1. The van der Waals surface area contributed by atoms with Crippen molar-refractivity contribution < 1.29 is 4.79 Å². The maximum Gasteiger partial charge on any atom is 0.317 e. The summed E-state index contributed by atoms with van der Waals surface area (Å²) in [6.07, 6.45) is 1.80. The number of rotatable bonds is 3. The highest BCUT2D eigenvalue weighted by atomic mass is 79.9. The molecule has 3 rings (SSSR count). The fourth-order valence-electron chi connectivity index (χ4n) is 2.57.